The number of aromatic nitrogens is 4. The lowest BCUT2D eigenvalue weighted by atomic mass is 10.2. The van der Waals surface area contributed by atoms with Gasteiger partial charge in [-0.25, -0.2) is 4.98 Å². The van der Waals surface area contributed by atoms with Crippen molar-refractivity contribution in [3.8, 4) is 11.4 Å². The summed E-state index contributed by atoms with van der Waals surface area (Å²) in [7, 11) is 0. The van der Waals surface area contributed by atoms with Gasteiger partial charge in [0.15, 0.2) is 5.82 Å². The molecule has 5 heteroatoms. The van der Waals surface area contributed by atoms with Gasteiger partial charge >= 0.3 is 0 Å². The maximum atomic E-state index is 5.71. The van der Waals surface area contributed by atoms with Crippen molar-refractivity contribution in [3.63, 3.8) is 0 Å². The predicted octanol–water partition coefficient (Wildman–Crippen LogP) is 0.757. The van der Waals surface area contributed by atoms with Gasteiger partial charge in [-0.3, -0.25) is 10.1 Å². The van der Waals surface area contributed by atoms with E-state index in [1.165, 1.54) is 0 Å². The number of nitrogens with one attached hydrogen (secondary N) is 1. The van der Waals surface area contributed by atoms with Crippen molar-refractivity contribution in [2.24, 2.45) is 0 Å². The van der Waals surface area contributed by atoms with Crippen LogP contribution in [0, 0.1) is 6.92 Å². The average Bonchev–Trinajstić information content (AvgIpc) is 2.53. The monoisotopic (exact) mass is 175 g/mol. The summed E-state index contributed by atoms with van der Waals surface area (Å²) in [5.41, 5.74) is 7.10. The zero-order valence-electron chi connectivity index (χ0n) is 7.15. The van der Waals surface area contributed by atoms with E-state index in [2.05, 4.69) is 20.2 Å². The van der Waals surface area contributed by atoms with Crippen LogP contribution in [0.3, 0.4) is 0 Å². The summed E-state index contributed by atoms with van der Waals surface area (Å²) in [5, 5.41) is 6.76. The lowest BCUT2D eigenvalue weighted by molar-refractivity contribution is 1.04. The summed E-state index contributed by atoms with van der Waals surface area (Å²) >= 11 is 0. The van der Waals surface area contributed by atoms with Crippen LogP contribution in [0.15, 0.2) is 18.5 Å². The van der Waals surface area contributed by atoms with Gasteiger partial charge in [-0.05, 0) is 13.0 Å². The highest BCUT2D eigenvalue weighted by atomic mass is 15.2. The lowest BCUT2D eigenvalue weighted by Crippen LogP contribution is -1.91. The topological polar surface area (TPSA) is 80.5 Å². The van der Waals surface area contributed by atoms with E-state index in [1.54, 1.807) is 18.5 Å². The van der Waals surface area contributed by atoms with Gasteiger partial charge in [-0.15, -0.1) is 0 Å². The molecule has 0 fully saturated rings. The minimum atomic E-state index is 0.585. The van der Waals surface area contributed by atoms with Crippen LogP contribution < -0.4 is 5.73 Å². The zero-order chi connectivity index (χ0) is 9.26. The fourth-order valence-corrected chi connectivity index (χ4v) is 1.07. The molecule has 2 rings (SSSR count). The van der Waals surface area contributed by atoms with E-state index >= 15 is 0 Å². The number of aromatic amines is 1. The minimum absolute atomic E-state index is 0.585. The molecule has 0 radical (unpaired) electrons. The number of H-pyrrole nitrogens is 1. The largest absolute Gasteiger partial charge is 0.397 e. The Labute approximate surface area is 75.0 Å². The second kappa shape index (κ2) is 2.85. The number of pyridine rings is 1. The first-order chi connectivity index (χ1) is 6.27. The molecular formula is C8H9N5. The van der Waals surface area contributed by atoms with Crippen molar-refractivity contribution in [1.29, 1.82) is 0 Å². The van der Waals surface area contributed by atoms with Gasteiger partial charge in [-0.2, -0.15) is 5.10 Å². The number of aryl methyl sites for hydroxylation is 1. The van der Waals surface area contributed by atoms with Crippen LogP contribution >= 0.6 is 0 Å². The van der Waals surface area contributed by atoms with Gasteiger partial charge in [0.25, 0.3) is 0 Å². The Bertz CT molecular complexity index is 420. The van der Waals surface area contributed by atoms with Crippen LogP contribution in [0.4, 0.5) is 5.69 Å². The molecule has 0 amide bonds. The molecule has 0 spiro atoms. The highest BCUT2D eigenvalue weighted by Gasteiger charge is 2.06. The van der Waals surface area contributed by atoms with Crippen LogP contribution in [-0.2, 0) is 0 Å². The third-order valence-electron chi connectivity index (χ3n) is 1.69. The molecule has 0 atom stereocenters. The van der Waals surface area contributed by atoms with Crippen molar-refractivity contribution in [2.45, 2.75) is 6.92 Å². The molecule has 2 heterocycles. The van der Waals surface area contributed by atoms with Crippen molar-refractivity contribution in [2.75, 3.05) is 5.73 Å². The highest BCUT2D eigenvalue weighted by Crippen LogP contribution is 2.19. The van der Waals surface area contributed by atoms with Gasteiger partial charge in [-0.1, -0.05) is 0 Å². The van der Waals surface area contributed by atoms with Crippen molar-refractivity contribution in [3.05, 3.63) is 24.3 Å². The summed E-state index contributed by atoms with van der Waals surface area (Å²) in [6.45, 7) is 1.84. The number of nitrogens with zero attached hydrogens (tertiary/aromatic N) is 3. The molecule has 13 heavy (non-hydrogen) atoms. The molecule has 0 aliphatic carbocycles. The molecule has 2 aromatic rings. The standard InChI is InChI=1S/C8H9N5/c1-5-11-8(13-12-5)6-2-3-10-4-7(6)9/h2-4H,9H2,1H3,(H,11,12,13). The molecule has 3 N–H and O–H groups in total. The molecule has 0 aromatic carbocycles. The molecule has 0 saturated carbocycles. The van der Waals surface area contributed by atoms with E-state index in [1.807, 2.05) is 6.92 Å². The smallest absolute Gasteiger partial charge is 0.183 e. The van der Waals surface area contributed by atoms with Gasteiger partial charge in [0.05, 0.1) is 11.9 Å². The maximum absolute atomic E-state index is 5.71. The minimum Gasteiger partial charge on any atom is -0.397 e. The van der Waals surface area contributed by atoms with E-state index in [0.29, 0.717) is 11.5 Å². The number of hydrogen-bond acceptors (Lipinski definition) is 4. The second-order valence-corrected chi connectivity index (χ2v) is 2.71. The summed E-state index contributed by atoms with van der Waals surface area (Å²) < 4.78 is 0. The summed E-state index contributed by atoms with van der Waals surface area (Å²) in [4.78, 5) is 8.05. The number of anilines is 1. The third-order valence-corrected chi connectivity index (χ3v) is 1.69. The molecule has 5 nitrogen and oxygen atoms in total. The molecule has 0 aliphatic heterocycles. The number of nitrogen functional groups attached to an aromatic ring is 1. The molecular weight excluding hydrogens is 166 g/mol. The van der Waals surface area contributed by atoms with Crippen LogP contribution in [-0.4, -0.2) is 20.2 Å². The molecule has 0 saturated heterocycles. The fourth-order valence-electron chi connectivity index (χ4n) is 1.07. The van der Waals surface area contributed by atoms with Crippen LogP contribution in [0.5, 0.6) is 0 Å². The SMILES string of the molecule is Cc1nc(-c2ccncc2N)n[nH]1. The summed E-state index contributed by atoms with van der Waals surface area (Å²) in [6, 6.07) is 1.79. The Balaban J connectivity index is 2.52. The quantitative estimate of drug-likeness (QED) is 0.670. The Morgan fingerprint density at radius 2 is 2.31 bits per heavy atom. The second-order valence-electron chi connectivity index (χ2n) is 2.71. The Morgan fingerprint density at radius 1 is 1.46 bits per heavy atom. The molecule has 0 unspecified atom stereocenters. The van der Waals surface area contributed by atoms with E-state index in [0.717, 1.165) is 11.4 Å². The predicted molar refractivity (Wildman–Crippen MR) is 48.8 cm³/mol. The first kappa shape index (κ1) is 7.72. The summed E-state index contributed by atoms with van der Waals surface area (Å²) in [5.74, 6) is 1.38. The lowest BCUT2D eigenvalue weighted by Gasteiger charge is -1.97. The van der Waals surface area contributed by atoms with E-state index in [4.69, 9.17) is 5.73 Å². The highest BCUT2D eigenvalue weighted by molar-refractivity contribution is 5.69. The van der Waals surface area contributed by atoms with Crippen LogP contribution in [0.1, 0.15) is 5.82 Å². The fraction of sp³-hybridized carbons (Fsp3) is 0.125. The van der Waals surface area contributed by atoms with E-state index in [9.17, 15) is 0 Å². The zero-order valence-corrected chi connectivity index (χ0v) is 7.15. The maximum Gasteiger partial charge on any atom is 0.183 e. The molecule has 0 aliphatic rings. The normalized spacial score (nSPS) is 10.2. The van der Waals surface area contributed by atoms with E-state index in [-0.39, 0.29) is 0 Å². The molecule has 66 valence electrons. The molecule has 2 aromatic heterocycles. The Hall–Kier alpha value is -1.91. The van der Waals surface area contributed by atoms with Gasteiger partial charge < -0.3 is 5.73 Å². The summed E-state index contributed by atoms with van der Waals surface area (Å²) in [6.07, 6.45) is 3.25. The van der Waals surface area contributed by atoms with Crippen LogP contribution in [0.25, 0.3) is 11.4 Å². The number of rotatable bonds is 1. The van der Waals surface area contributed by atoms with Crippen molar-refractivity contribution < 1.29 is 0 Å². The number of nitrogens with two attached hydrogens (primary N) is 1. The first-order valence-electron chi connectivity index (χ1n) is 3.86. The van der Waals surface area contributed by atoms with Gasteiger partial charge in [0.1, 0.15) is 5.82 Å². The Morgan fingerprint density at radius 3 is 2.92 bits per heavy atom. The van der Waals surface area contributed by atoms with Crippen molar-refractivity contribution in [1.82, 2.24) is 20.2 Å². The van der Waals surface area contributed by atoms with Gasteiger partial charge in [0.2, 0.25) is 0 Å². The third kappa shape index (κ3) is 1.35. The average molecular weight is 175 g/mol. The molecule has 0 bridgehead atoms. The van der Waals surface area contributed by atoms with Gasteiger partial charge in [0, 0.05) is 11.8 Å². The number of hydrogen-bond donors (Lipinski definition) is 2. The van der Waals surface area contributed by atoms with Crippen LogP contribution in [0.2, 0.25) is 0 Å². The Kier molecular flexibility index (Phi) is 1.70. The van der Waals surface area contributed by atoms with E-state index < -0.39 is 0 Å². The first-order valence-corrected chi connectivity index (χ1v) is 3.86. The van der Waals surface area contributed by atoms with Crippen molar-refractivity contribution >= 4 is 5.69 Å².